The topological polar surface area (TPSA) is 37.4 Å². The van der Waals surface area contributed by atoms with E-state index < -0.39 is 0 Å². The van der Waals surface area contributed by atoms with Crippen LogP contribution in [0.15, 0.2) is 30.9 Å². The number of carbonyl (C=O) groups excluding carboxylic acids is 2. The second-order valence-corrected chi connectivity index (χ2v) is 4.94. The number of fused-ring (bicyclic) bond motifs is 1. The van der Waals surface area contributed by atoms with Crippen LogP contribution in [0.25, 0.3) is 0 Å². The number of ketones is 1. The molecule has 1 aliphatic rings. The van der Waals surface area contributed by atoms with E-state index in [0.29, 0.717) is 12.1 Å². The minimum absolute atomic E-state index is 0.371. The normalized spacial score (nSPS) is 13.8. The molecule has 0 aromatic heterocycles. The zero-order chi connectivity index (χ0) is 13.8. The zero-order valence-electron chi connectivity index (χ0n) is 11.3. The average Bonchev–Trinajstić information content (AvgIpc) is 2.63. The van der Waals surface area contributed by atoms with Gasteiger partial charge in [0, 0.05) is 6.54 Å². The maximum Gasteiger partial charge on any atom is 0.299 e. The molecule has 100 valence electrons. The minimum Gasteiger partial charge on any atom is -0.305 e. The van der Waals surface area contributed by atoms with Crippen molar-refractivity contribution in [3.8, 4) is 0 Å². The lowest BCUT2D eigenvalue weighted by Gasteiger charge is -2.16. The first-order valence-electron chi connectivity index (χ1n) is 6.73. The molecule has 0 aliphatic carbocycles. The molecular formula is C16H19NO2. The molecule has 0 saturated carbocycles. The summed E-state index contributed by atoms with van der Waals surface area (Å²) in [7, 11) is 0. The number of amides is 1. The highest BCUT2D eigenvalue weighted by molar-refractivity contribution is 6.52. The molecule has 3 nitrogen and oxygen atoms in total. The van der Waals surface area contributed by atoms with Crippen LogP contribution in [0.4, 0.5) is 5.69 Å². The first kappa shape index (κ1) is 13.5. The van der Waals surface area contributed by atoms with E-state index in [-0.39, 0.29) is 11.7 Å². The summed E-state index contributed by atoms with van der Waals surface area (Å²) in [6.45, 7) is 6.24. The van der Waals surface area contributed by atoms with Crippen molar-refractivity contribution in [1.29, 1.82) is 0 Å². The highest BCUT2D eigenvalue weighted by atomic mass is 16.2. The minimum atomic E-state index is -0.385. The first-order chi connectivity index (χ1) is 9.15. The molecule has 3 heteroatoms. The highest BCUT2D eigenvalue weighted by Crippen LogP contribution is 2.29. The van der Waals surface area contributed by atoms with Crippen LogP contribution in [0, 0.1) is 6.92 Å². The molecule has 0 bridgehead atoms. The monoisotopic (exact) mass is 257 g/mol. The van der Waals surface area contributed by atoms with E-state index in [1.807, 2.05) is 25.1 Å². The van der Waals surface area contributed by atoms with Gasteiger partial charge < -0.3 is 4.90 Å². The van der Waals surface area contributed by atoms with Gasteiger partial charge in [0.15, 0.2) is 0 Å². The predicted octanol–water partition coefficient (Wildman–Crippen LogP) is 3.27. The molecule has 0 atom stereocenters. The highest BCUT2D eigenvalue weighted by Gasteiger charge is 2.35. The summed E-state index contributed by atoms with van der Waals surface area (Å²) in [5, 5.41) is 0. The fourth-order valence-electron chi connectivity index (χ4n) is 2.37. The van der Waals surface area contributed by atoms with Gasteiger partial charge in [-0.05, 0) is 38.3 Å². The third kappa shape index (κ3) is 2.75. The summed E-state index contributed by atoms with van der Waals surface area (Å²) in [4.78, 5) is 25.5. The molecule has 0 radical (unpaired) electrons. The molecule has 0 fully saturated rings. The third-order valence-corrected chi connectivity index (χ3v) is 3.42. The van der Waals surface area contributed by atoms with Gasteiger partial charge in [-0.2, -0.15) is 0 Å². The number of anilines is 1. The van der Waals surface area contributed by atoms with Crippen LogP contribution < -0.4 is 4.90 Å². The Labute approximate surface area is 113 Å². The van der Waals surface area contributed by atoms with Crippen LogP contribution in [-0.2, 0) is 4.79 Å². The van der Waals surface area contributed by atoms with Gasteiger partial charge >= 0.3 is 0 Å². The first-order valence-corrected chi connectivity index (χ1v) is 6.73. The van der Waals surface area contributed by atoms with Crippen molar-refractivity contribution in [3.05, 3.63) is 42.0 Å². The Bertz CT molecular complexity index is 519. The summed E-state index contributed by atoms with van der Waals surface area (Å²) in [5.41, 5.74) is 2.33. The van der Waals surface area contributed by atoms with E-state index in [0.717, 1.165) is 36.9 Å². The lowest BCUT2D eigenvalue weighted by molar-refractivity contribution is -0.114. The van der Waals surface area contributed by atoms with Crippen LogP contribution in [-0.4, -0.2) is 18.2 Å². The number of aryl methyl sites for hydroxylation is 1. The van der Waals surface area contributed by atoms with Crippen molar-refractivity contribution in [2.45, 2.75) is 32.6 Å². The van der Waals surface area contributed by atoms with Gasteiger partial charge in [0.2, 0.25) is 0 Å². The van der Waals surface area contributed by atoms with Crippen LogP contribution >= 0.6 is 0 Å². The number of hydrogen-bond acceptors (Lipinski definition) is 2. The Morgan fingerprint density at radius 3 is 2.74 bits per heavy atom. The van der Waals surface area contributed by atoms with E-state index in [1.54, 1.807) is 11.0 Å². The number of hydrogen-bond donors (Lipinski definition) is 0. The molecule has 2 rings (SSSR count). The van der Waals surface area contributed by atoms with Crippen LogP contribution in [0.5, 0.6) is 0 Å². The Morgan fingerprint density at radius 1 is 1.21 bits per heavy atom. The summed E-state index contributed by atoms with van der Waals surface area (Å²) < 4.78 is 0. The number of unbranched alkanes of at least 4 members (excludes halogenated alkanes) is 3. The summed E-state index contributed by atoms with van der Waals surface area (Å²) >= 11 is 0. The van der Waals surface area contributed by atoms with Gasteiger partial charge in [0.05, 0.1) is 11.3 Å². The quantitative estimate of drug-likeness (QED) is 0.445. The molecule has 1 heterocycles. The molecule has 0 spiro atoms. The Hall–Kier alpha value is -1.90. The number of benzene rings is 1. The second kappa shape index (κ2) is 5.83. The van der Waals surface area contributed by atoms with Crippen molar-refractivity contribution < 1.29 is 9.59 Å². The Balaban J connectivity index is 2.04. The van der Waals surface area contributed by atoms with Crippen LogP contribution in [0.3, 0.4) is 0 Å². The summed E-state index contributed by atoms with van der Waals surface area (Å²) in [6.07, 6.45) is 5.96. The average molecular weight is 257 g/mol. The number of rotatable bonds is 6. The maximum atomic E-state index is 12.0. The molecule has 19 heavy (non-hydrogen) atoms. The largest absolute Gasteiger partial charge is 0.305 e. The van der Waals surface area contributed by atoms with E-state index in [9.17, 15) is 9.59 Å². The third-order valence-electron chi connectivity index (χ3n) is 3.42. The molecule has 1 aliphatic heterocycles. The van der Waals surface area contributed by atoms with Gasteiger partial charge in [0.25, 0.3) is 11.7 Å². The Morgan fingerprint density at radius 2 is 2.00 bits per heavy atom. The van der Waals surface area contributed by atoms with Gasteiger partial charge in [-0.1, -0.05) is 24.1 Å². The lowest BCUT2D eigenvalue weighted by Crippen LogP contribution is -2.30. The number of allylic oxidation sites excluding steroid dienone is 1. The van der Waals surface area contributed by atoms with Crippen molar-refractivity contribution >= 4 is 17.4 Å². The smallest absolute Gasteiger partial charge is 0.299 e. The molecule has 1 aromatic carbocycles. The molecular weight excluding hydrogens is 238 g/mol. The predicted molar refractivity (Wildman–Crippen MR) is 76.5 cm³/mol. The summed E-state index contributed by atoms with van der Waals surface area (Å²) in [6, 6.07) is 5.61. The lowest BCUT2D eigenvalue weighted by atomic mass is 10.1. The van der Waals surface area contributed by atoms with Gasteiger partial charge in [-0.25, -0.2) is 0 Å². The van der Waals surface area contributed by atoms with E-state index in [4.69, 9.17) is 0 Å². The number of nitrogens with zero attached hydrogens (tertiary/aromatic N) is 1. The molecule has 0 N–H and O–H groups in total. The molecule has 0 unspecified atom stereocenters. The number of carbonyl (C=O) groups is 2. The fraction of sp³-hybridized carbons (Fsp3) is 0.375. The second-order valence-electron chi connectivity index (χ2n) is 4.94. The number of Topliss-reactive ketones (excluding diaryl/α,β-unsaturated/α-hetero) is 1. The van der Waals surface area contributed by atoms with E-state index in [1.165, 1.54) is 0 Å². The molecule has 1 amide bonds. The van der Waals surface area contributed by atoms with Gasteiger partial charge in [0.1, 0.15) is 0 Å². The summed E-state index contributed by atoms with van der Waals surface area (Å²) in [5.74, 6) is -0.755. The van der Waals surface area contributed by atoms with E-state index in [2.05, 4.69) is 6.58 Å². The SMILES string of the molecule is C=CCCCCCN1C(=O)C(=O)c2cc(C)ccc21. The van der Waals surface area contributed by atoms with Crippen molar-refractivity contribution in [2.24, 2.45) is 0 Å². The zero-order valence-corrected chi connectivity index (χ0v) is 11.3. The Kier molecular flexibility index (Phi) is 4.15. The van der Waals surface area contributed by atoms with Gasteiger partial charge in [-0.3, -0.25) is 9.59 Å². The van der Waals surface area contributed by atoms with Crippen molar-refractivity contribution in [2.75, 3.05) is 11.4 Å². The van der Waals surface area contributed by atoms with Crippen LogP contribution in [0.2, 0.25) is 0 Å². The fourth-order valence-corrected chi connectivity index (χ4v) is 2.37. The van der Waals surface area contributed by atoms with Crippen molar-refractivity contribution in [3.63, 3.8) is 0 Å². The van der Waals surface area contributed by atoms with Crippen molar-refractivity contribution in [1.82, 2.24) is 0 Å². The van der Waals surface area contributed by atoms with Crippen LogP contribution in [0.1, 0.15) is 41.6 Å². The maximum absolute atomic E-state index is 12.0. The molecule has 1 aromatic rings. The molecule has 0 saturated heterocycles. The standard InChI is InChI=1S/C16H19NO2/c1-3-4-5-6-7-10-17-14-9-8-12(2)11-13(14)15(18)16(17)19/h3,8-9,11H,1,4-7,10H2,2H3. The van der Waals surface area contributed by atoms with E-state index >= 15 is 0 Å². The van der Waals surface area contributed by atoms with Gasteiger partial charge in [-0.15, -0.1) is 6.58 Å².